The van der Waals surface area contributed by atoms with Gasteiger partial charge in [0.2, 0.25) is 5.91 Å². The Hall–Kier alpha value is -3.46. The van der Waals surface area contributed by atoms with Crippen molar-refractivity contribution in [2.45, 2.75) is 6.42 Å². The van der Waals surface area contributed by atoms with Gasteiger partial charge < -0.3 is 10.1 Å². The van der Waals surface area contributed by atoms with Crippen molar-refractivity contribution in [2.75, 3.05) is 12.4 Å². The first-order valence-corrected chi connectivity index (χ1v) is 8.98. The summed E-state index contributed by atoms with van der Waals surface area (Å²) in [6, 6.07) is 12.6. The molecule has 1 amide bonds. The molecule has 4 rings (SSSR count). The van der Waals surface area contributed by atoms with Crippen LogP contribution in [-0.4, -0.2) is 32.8 Å². The molecular formula is C18H15N5O3S. The molecule has 8 nitrogen and oxygen atoms in total. The minimum Gasteiger partial charge on any atom is -0.495 e. The summed E-state index contributed by atoms with van der Waals surface area (Å²) in [4.78, 5) is 25.5. The molecule has 3 heterocycles. The van der Waals surface area contributed by atoms with E-state index in [4.69, 9.17) is 4.74 Å². The number of fused-ring (bicyclic) bond motifs is 1. The van der Waals surface area contributed by atoms with Gasteiger partial charge in [0.25, 0.3) is 5.56 Å². The monoisotopic (exact) mass is 381 g/mol. The Morgan fingerprint density at radius 2 is 2.15 bits per heavy atom. The number of methoxy groups -OCH3 is 1. The van der Waals surface area contributed by atoms with Crippen molar-refractivity contribution >= 4 is 28.4 Å². The second-order valence-corrected chi connectivity index (χ2v) is 6.65. The van der Waals surface area contributed by atoms with Crippen LogP contribution in [-0.2, 0) is 11.2 Å². The van der Waals surface area contributed by atoms with Gasteiger partial charge in [0.1, 0.15) is 17.0 Å². The number of nitrogens with zero attached hydrogens (tertiary/aromatic N) is 3. The van der Waals surface area contributed by atoms with E-state index < -0.39 is 0 Å². The third-order valence-electron chi connectivity index (χ3n) is 3.95. The first-order chi connectivity index (χ1) is 13.2. The van der Waals surface area contributed by atoms with Crippen LogP contribution >= 0.6 is 11.3 Å². The van der Waals surface area contributed by atoms with Gasteiger partial charge in [0, 0.05) is 0 Å². The van der Waals surface area contributed by atoms with Gasteiger partial charge in [-0.3, -0.25) is 9.59 Å². The molecule has 2 N–H and O–H groups in total. The SMILES string of the molecule is COc1ccccc1NC(=O)Cc1n[nH]c(=O)c2cc(-c3cccs3)nn12. The zero-order chi connectivity index (χ0) is 18.8. The number of rotatable bonds is 5. The Morgan fingerprint density at radius 3 is 2.93 bits per heavy atom. The van der Waals surface area contributed by atoms with Crippen LogP contribution in [0.2, 0.25) is 0 Å². The molecule has 0 atom stereocenters. The minimum atomic E-state index is -0.362. The van der Waals surface area contributed by atoms with Crippen molar-refractivity contribution in [3.05, 3.63) is 64.0 Å². The predicted molar refractivity (Wildman–Crippen MR) is 102 cm³/mol. The molecule has 0 bridgehead atoms. The lowest BCUT2D eigenvalue weighted by Crippen LogP contribution is -2.22. The molecule has 9 heteroatoms. The lowest BCUT2D eigenvalue weighted by atomic mass is 10.2. The number of nitrogens with one attached hydrogen (secondary N) is 2. The first-order valence-electron chi connectivity index (χ1n) is 8.10. The molecular weight excluding hydrogens is 366 g/mol. The summed E-state index contributed by atoms with van der Waals surface area (Å²) in [6.45, 7) is 0. The molecule has 27 heavy (non-hydrogen) atoms. The molecule has 1 aromatic carbocycles. The summed E-state index contributed by atoms with van der Waals surface area (Å²) in [5.41, 5.74) is 1.20. The van der Waals surface area contributed by atoms with Crippen molar-refractivity contribution in [1.82, 2.24) is 19.8 Å². The third kappa shape index (κ3) is 3.32. The van der Waals surface area contributed by atoms with Crippen LogP contribution in [0.1, 0.15) is 5.82 Å². The summed E-state index contributed by atoms with van der Waals surface area (Å²) < 4.78 is 6.65. The van der Waals surface area contributed by atoms with Gasteiger partial charge in [-0.1, -0.05) is 18.2 Å². The van der Waals surface area contributed by atoms with E-state index in [1.807, 2.05) is 23.6 Å². The van der Waals surface area contributed by atoms with Crippen LogP contribution in [0.25, 0.3) is 16.1 Å². The summed E-state index contributed by atoms with van der Waals surface area (Å²) in [7, 11) is 1.54. The van der Waals surface area contributed by atoms with E-state index in [2.05, 4.69) is 20.6 Å². The van der Waals surface area contributed by atoms with Crippen molar-refractivity contribution in [3.63, 3.8) is 0 Å². The standard InChI is InChI=1S/C18H15N5O3S/c1-26-14-6-3-2-5-11(14)19-17(24)10-16-20-21-18(25)13-9-12(22-23(13)16)15-7-4-8-27-15/h2-9H,10H2,1H3,(H,19,24)(H,21,25). The molecule has 0 spiro atoms. The lowest BCUT2D eigenvalue weighted by Gasteiger charge is -2.09. The third-order valence-corrected chi connectivity index (χ3v) is 4.84. The average Bonchev–Trinajstić information content (AvgIpc) is 3.34. The maximum Gasteiger partial charge on any atom is 0.290 e. The number of amides is 1. The van der Waals surface area contributed by atoms with E-state index in [1.165, 1.54) is 23.0 Å². The van der Waals surface area contributed by atoms with Gasteiger partial charge in [0.15, 0.2) is 5.82 Å². The van der Waals surface area contributed by atoms with Gasteiger partial charge in [-0.15, -0.1) is 11.3 Å². The number of hydrogen-bond donors (Lipinski definition) is 2. The maximum atomic E-state index is 12.5. The zero-order valence-corrected chi connectivity index (χ0v) is 15.1. The second-order valence-electron chi connectivity index (χ2n) is 5.70. The highest BCUT2D eigenvalue weighted by molar-refractivity contribution is 7.13. The highest BCUT2D eigenvalue weighted by Gasteiger charge is 2.16. The number of ether oxygens (including phenoxy) is 1. The van der Waals surface area contributed by atoms with Crippen molar-refractivity contribution < 1.29 is 9.53 Å². The number of aromatic amines is 1. The van der Waals surface area contributed by atoms with Gasteiger partial charge in [-0.25, -0.2) is 9.61 Å². The van der Waals surface area contributed by atoms with Crippen LogP contribution in [0, 0.1) is 0 Å². The molecule has 0 fully saturated rings. The number of para-hydroxylation sites is 2. The van der Waals surface area contributed by atoms with Gasteiger partial charge >= 0.3 is 0 Å². The normalized spacial score (nSPS) is 10.9. The molecule has 0 radical (unpaired) electrons. The Balaban J connectivity index is 1.65. The fourth-order valence-electron chi connectivity index (χ4n) is 2.70. The summed E-state index contributed by atoms with van der Waals surface area (Å²) in [5.74, 6) is 0.595. The fourth-order valence-corrected chi connectivity index (χ4v) is 3.39. The Labute approximate surface area is 157 Å². The Bertz CT molecular complexity index is 1160. The fraction of sp³-hybridized carbons (Fsp3) is 0.111. The van der Waals surface area contributed by atoms with Crippen LogP contribution in [0.5, 0.6) is 5.75 Å². The van der Waals surface area contributed by atoms with E-state index in [0.29, 0.717) is 28.5 Å². The van der Waals surface area contributed by atoms with Crippen molar-refractivity contribution in [2.24, 2.45) is 0 Å². The Kier molecular flexibility index (Phi) is 4.43. The quantitative estimate of drug-likeness (QED) is 0.552. The Morgan fingerprint density at radius 1 is 1.30 bits per heavy atom. The largest absolute Gasteiger partial charge is 0.495 e. The first kappa shape index (κ1) is 17.0. The van der Waals surface area contributed by atoms with Crippen LogP contribution in [0.15, 0.2) is 52.6 Å². The predicted octanol–water partition coefficient (Wildman–Crippen LogP) is 2.34. The smallest absolute Gasteiger partial charge is 0.290 e. The number of thiophene rings is 1. The molecule has 0 aliphatic rings. The van der Waals surface area contributed by atoms with Crippen LogP contribution < -0.4 is 15.6 Å². The van der Waals surface area contributed by atoms with E-state index >= 15 is 0 Å². The highest BCUT2D eigenvalue weighted by Crippen LogP contribution is 2.24. The number of carbonyl (C=O) groups is 1. The summed E-state index contributed by atoms with van der Waals surface area (Å²) >= 11 is 1.52. The van der Waals surface area contributed by atoms with Crippen molar-refractivity contribution in [3.8, 4) is 16.3 Å². The number of carbonyl (C=O) groups excluding carboxylic acids is 1. The lowest BCUT2D eigenvalue weighted by molar-refractivity contribution is -0.115. The molecule has 4 aromatic rings. The molecule has 3 aromatic heterocycles. The van der Waals surface area contributed by atoms with Crippen LogP contribution in [0.4, 0.5) is 5.69 Å². The number of anilines is 1. The average molecular weight is 381 g/mol. The summed E-state index contributed by atoms with van der Waals surface area (Å²) in [5, 5.41) is 15.6. The van der Waals surface area contributed by atoms with Crippen molar-refractivity contribution in [1.29, 1.82) is 0 Å². The van der Waals surface area contributed by atoms with Gasteiger partial charge in [0.05, 0.1) is 24.1 Å². The van der Waals surface area contributed by atoms with Gasteiger partial charge in [-0.2, -0.15) is 10.2 Å². The maximum absolute atomic E-state index is 12.5. The molecule has 0 saturated heterocycles. The topological polar surface area (TPSA) is 101 Å². The van der Waals surface area contributed by atoms with E-state index in [-0.39, 0.29) is 17.9 Å². The number of aromatic nitrogens is 4. The van der Waals surface area contributed by atoms with Crippen LogP contribution in [0.3, 0.4) is 0 Å². The molecule has 0 unspecified atom stereocenters. The van der Waals surface area contributed by atoms with Gasteiger partial charge in [-0.05, 0) is 29.6 Å². The number of benzene rings is 1. The molecule has 0 aliphatic heterocycles. The van der Waals surface area contributed by atoms with E-state index in [9.17, 15) is 9.59 Å². The zero-order valence-electron chi connectivity index (χ0n) is 14.3. The number of H-pyrrole nitrogens is 1. The highest BCUT2D eigenvalue weighted by atomic mass is 32.1. The van der Waals surface area contributed by atoms with E-state index in [0.717, 1.165) is 4.88 Å². The molecule has 0 saturated carbocycles. The second kappa shape index (κ2) is 7.04. The molecule has 136 valence electrons. The minimum absolute atomic E-state index is 0.0586. The summed E-state index contributed by atoms with van der Waals surface area (Å²) in [6.07, 6.45) is -0.0586. The van der Waals surface area contributed by atoms with E-state index in [1.54, 1.807) is 24.3 Å². The molecule has 0 aliphatic carbocycles. The number of hydrogen-bond acceptors (Lipinski definition) is 6.